The molecule has 1 fully saturated rings. The lowest BCUT2D eigenvalue weighted by atomic mass is 10.1. The van der Waals surface area contributed by atoms with Crippen molar-refractivity contribution in [3.63, 3.8) is 0 Å². The molecular formula is C22H23NO5. The van der Waals surface area contributed by atoms with Crippen LogP contribution in [0.15, 0.2) is 48.5 Å². The molecule has 1 aliphatic heterocycles. The summed E-state index contributed by atoms with van der Waals surface area (Å²) in [5.74, 6) is -0.894. The van der Waals surface area contributed by atoms with Gasteiger partial charge in [0.25, 0.3) is 0 Å². The van der Waals surface area contributed by atoms with Gasteiger partial charge in [0.1, 0.15) is 5.75 Å². The number of methoxy groups -OCH3 is 1. The molecule has 3 rings (SSSR count). The minimum Gasteiger partial charge on any atom is -0.497 e. The van der Waals surface area contributed by atoms with Crippen molar-refractivity contribution in [3.8, 4) is 5.75 Å². The predicted molar refractivity (Wildman–Crippen MR) is 105 cm³/mol. The number of rotatable bonds is 6. The van der Waals surface area contributed by atoms with Crippen LogP contribution < -0.4 is 9.64 Å². The Morgan fingerprint density at radius 1 is 1.07 bits per heavy atom. The van der Waals surface area contributed by atoms with Gasteiger partial charge in [-0.25, -0.2) is 0 Å². The molecule has 1 amide bonds. The van der Waals surface area contributed by atoms with Crippen LogP contribution in [0.3, 0.4) is 0 Å². The third kappa shape index (κ3) is 4.22. The Bertz CT molecular complexity index is 873. The SMILES string of the molecule is COc1ccc(C(=O)[C@H](C)OC(=O)[C@H]2CC(=O)N(c3ccc(C)cc3)C2)cc1. The zero-order valence-electron chi connectivity index (χ0n) is 16.2. The maximum absolute atomic E-state index is 12.5. The standard InChI is InChI=1S/C22H23NO5/c1-14-4-8-18(9-5-14)23-13-17(12-20(23)24)22(26)28-15(2)21(25)16-6-10-19(27-3)11-7-16/h4-11,15,17H,12-13H2,1-3H3/t15-,17-/m0/s1. The van der Waals surface area contributed by atoms with Gasteiger partial charge in [-0.3, -0.25) is 14.4 Å². The van der Waals surface area contributed by atoms with Crippen LogP contribution in [0.2, 0.25) is 0 Å². The van der Waals surface area contributed by atoms with Gasteiger partial charge in [-0.15, -0.1) is 0 Å². The van der Waals surface area contributed by atoms with E-state index in [9.17, 15) is 14.4 Å². The van der Waals surface area contributed by atoms with E-state index in [1.807, 2.05) is 31.2 Å². The van der Waals surface area contributed by atoms with Crippen molar-refractivity contribution in [2.24, 2.45) is 5.92 Å². The fourth-order valence-electron chi connectivity index (χ4n) is 3.15. The molecule has 1 aliphatic rings. The van der Waals surface area contributed by atoms with Crippen molar-refractivity contribution in [2.75, 3.05) is 18.6 Å². The number of ether oxygens (including phenoxy) is 2. The van der Waals surface area contributed by atoms with E-state index in [1.165, 1.54) is 0 Å². The average Bonchev–Trinajstić information content (AvgIpc) is 3.10. The Kier molecular flexibility index (Phi) is 5.78. The Hall–Kier alpha value is -3.15. The molecule has 0 unspecified atom stereocenters. The summed E-state index contributed by atoms with van der Waals surface area (Å²) in [6.45, 7) is 3.76. The molecule has 0 saturated carbocycles. The topological polar surface area (TPSA) is 72.9 Å². The van der Waals surface area contributed by atoms with Crippen LogP contribution in [0, 0.1) is 12.8 Å². The molecule has 0 aromatic heterocycles. The second kappa shape index (κ2) is 8.25. The molecule has 0 spiro atoms. The van der Waals surface area contributed by atoms with Crippen molar-refractivity contribution in [1.29, 1.82) is 0 Å². The summed E-state index contributed by atoms with van der Waals surface area (Å²) in [6, 6.07) is 14.2. The van der Waals surface area contributed by atoms with Gasteiger partial charge in [-0.2, -0.15) is 0 Å². The van der Waals surface area contributed by atoms with Crippen LogP contribution in [0.5, 0.6) is 5.75 Å². The highest BCUT2D eigenvalue weighted by atomic mass is 16.5. The molecule has 1 saturated heterocycles. The third-order valence-electron chi connectivity index (χ3n) is 4.84. The minimum atomic E-state index is -0.926. The summed E-state index contributed by atoms with van der Waals surface area (Å²) in [5.41, 5.74) is 2.29. The van der Waals surface area contributed by atoms with Crippen LogP contribution in [-0.2, 0) is 14.3 Å². The van der Waals surface area contributed by atoms with E-state index in [1.54, 1.807) is 43.2 Å². The summed E-state index contributed by atoms with van der Waals surface area (Å²) in [5, 5.41) is 0. The quantitative estimate of drug-likeness (QED) is 0.568. The molecule has 2 aromatic rings. The maximum atomic E-state index is 12.5. The number of hydrogen-bond donors (Lipinski definition) is 0. The second-order valence-corrected chi connectivity index (χ2v) is 6.91. The molecule has 0 N–H and O–H groups in total. The van der Waals surface area contributed by atoms with E-state index < -0.39 is 18.0 Å². The van der Waals surface area contributed by atoms with E-state index in [0.717, 1.165) is 11.3 Å². The number of nitrogens with zero attached hydrogens (tertiary/aromatic N) is 1. The summed E-state index contributed by atoms with van der Waals surface area (Å²) in [6.07, 6.45) is -0.847. The van der Waals surface area contributed by atoms with Crippen LogP contribution in [0.4, 0.5) is 5.69 Å². The number of anilines is 1. The smallest absolute Gasteiger partial charge is 0.312 e. The lowest BCUT2D eigenvalue weighted by Gasteiger charge is -2.18. The number of Topliss-reactive ketones (excluding diaryl/α,β-unsaturated/α-hetero) is 1. The molecule has 6 nitrogen and oxygen atoms in total. The van der Waals surface area contributed by atoms with Crippen molar-refractivity contribution in [1.82, 2.24) is 0 Å². The number of ketones is 1. The summed E-state index contributed by atoms with van der Waals surface area (Å²) < 4.78 is 10.4. The molecular weight excluding hydrogens is 358 g/mol. The van der Waals surface area contributed by atoms with Gasteiger partial charge in [-0.05, 0) is 50.2 Å². The first-order valence-electron chi connectivity index (χ1n) is 9.15. The van der Waals surface area contributed by atoms with E-state index in [-0.39, 0.29) is 24.7 Å². The largest absolute Gasteiger partial charge is 0.497 e. The predicted octanol–water partition coefficient (Wildman–Crippen LogP) is 3.17. The lowest BCUT2D eigenvalue weighted by molar-refractivity contribution is -0.151. The maximum Gasteiger partial charge on any atom is 0.312 e. The highest BCUT2D eigenvalue weighted by molar-refractivity contribution is 6.02. The molecule has 0 bridgehead atoms. The van der Waals surface area contributed by atoms with Crippen molar-refractivity contribution < 1.29 is 23.9 Å². The van der Waals surface area contributed by atoms with Crippen LogP contribution in [0.1, 0.15) is 29.3 Å². The fourth-order valence-corrected chi connectivity index (χ4v) is 3.15. The van der Waals surface area contributed by atoms with E-state index in [4.69, 9.17) is 9.47 Å². The van der Waals surface area contributed by atoms with Crippen molar-refractivity contribution in [3.05, 3.63) is 59.7 Å². The number of carbonyl (C=O) groups is 3. The fraction of sp³-hybridized carbons (Fsp3) is 0.318. The molecule has 2 aromatic carbocycles. The van der Waals surface area contributed by atoms with Crippen LogP contribution in [0.25, 0.3) is 0 Å². The Balaban J connectivity index is 1.61. The average molecular weight is 381 g/mol. The normalized spacial score (nSPS) is 17.3. The molecule has 146 valence electrons. The molecule has 6 heteroatoms. The van der Waals surface area contributed by atoms with E-state index in [0.29, 0.717) is 11.3 Å². The van der Waals surface area contributed by atoms with Gasteiger partial charge >= 0.3 is 5.97 Å². The van der Waals surface area contributed by atoms with Gasteiger partial charge in [-0.1, -0.05) is 17.7 Å². The van der Waals surface area contributed by atoms with Gasteiger partial charge < -0.3 is 14.4 Å². The first-order valence-corrected chi connectivity index (χ1v) is 9.15. The zero-order valence-corrected chi connectivity index (χ0v) is 16.2. The van der Waals surface area contributed by atoms with Crippen LogP contribution >= 0.6 is 0 Å². The first kappa shape index (κ1) is 19.6. The molecule has 0 radical (unpaired) electrons. The van der Waals surface area contributed by atoms with E-state index in [2.05, 4.69) is 0 Å². The number of aryl methyl sites for hydroxylation is 1. The first-order chi connectivity index (χ1) is 13.4. The number of benzene rings is 2. The second-order valence-electron chi connectivity index (χ2n) is 6.91. The monoisotopic (exact) mass is 381 g/mol. The number of carbonyl (C=O) groups excluding carboxylic acids is 3. The zero-order chi connectivity index (χ0) is 20.3. The summed E-state index contributed by atoms with van der Waals surface area (Å²) >= 11 is 0. The lowest BCUT2D eigenvalue weighted by Crippen LogP contribution is -2.30. The van der Waals surface area contributed by atoms with E-state index >= 15 is 0 Å². The Labute approximate surface area is 164 Å². The summed E-state index contributed by atoms with van der Waals surface area (Å²) in [4.78, 5) is 38.9. The highest BCUT2D eigenvalue weighted by Gasteiger charge is 2.37. The van der Waals surface area contributed by atoms with Gasteiger partial charge in [0.05, 0.1) is 13.0 Å². The highest BCUT2D eigenvalue weighted by Crippen LogP contribution is 2.26. The van der Waals surface area contributed by atoms with Gasteiger partial charge in [0.2, 0.25) is 11.7 Å². The molecule has 0 aliphatic carbocycles. The van der Waals surface area contributed by atoms with Crippen molar-refractivity contribution in [2.45, 2.75) is 26.4 Å². The van der Waals surface area contributed by atoms with Gasteiger partial charge in [0.15, 0.2) is 6.10 Å². The number of esters is 1. The molecule has 28 heavy (non-hydrogen) atoms. The molecule has 2 atom stereocenters. The summed E-state index contributed by atoms with van der Waals surface area (Å²) in [7, 11) is 1.55. The minimum absolute atomic E-state index is 0.0795. The number of hydrogen-bond acceptors (Lipinski definition) is 5. The number of amides is 1. The Morgan fingerprint density at radius 2 is 1.71 bits per heavy atom. The Morgan fingerprint density at radius 3 is 2.32 bits per heavy atom. The van der Waals surface area contributed by atoms with Crippen LogP contribution in [-0.4, -0.2) is 37.4 Å². The molecule has 1 heterocycles. The third-order valence-corrected chi connectivity index (χ3v) is 4.84. The van der Waals surface area contributed by atoms with Crippen molar-refractivity contribution >= 4 is 23.3 Å². The van der Waals surface area contributed by atoms with Gasteiger partial charge in [0, 0.05) is 24.2 Å².